The van der Waals surface area contributed by atoms with E-state index in [1.807, 2.05) is 6.07 Å². The summed E-state index contributed by atoms with van der Waals surface area (Å²) in [6.07, 6.45) is 0.518. The van der Waals surface area contributed by atoms with Crippen LogP contribution in [0.15, 0.2) is 47.4 Å². The monoisotopic (exact) mass is 605 g/mol. The highest BCUT2D eigenvalue weighted by Crippen LogP contribution is 2.38. The standard InChI is InChI=1S/C27H25Cl2N3O5S2/c1-3-37-27(36)24-20-9-10-32(15(2)33)13-22(20)39-26(24)31-23(34)14-38-18-6-4-5-17(12-18)30-25(35)19-8-7-16(28)11-21(19)29/h4-8,11-12H,3,9-10,13-14H2,1-2H3,(H,30,35)(H,31,34). The fourth-order valence-corrected chi connectivity index (χ4v) is 6.54. The number of nitrogens with one attached hydrogen (secondary N) is 2. The Bertz CT molecular complexity index is 1440. The minimum Gasteiger partial charge on any atom is -0.462 e. The molecule has 0 unspecified atom stereocenters. The maximum Gasteiger partial charge on any atom is 0.341 e. The lowest BCUT2D eigenvalue weighted by atomic mass is 10.0. The fraction of sp³-hybridized carbons (Fsp3) is 0.259. The Labute approximate surface area is 244 Å². The first kappa shape index (κ1) is 28.9. The van der Waals surface area contributed by atoms with Crippen LogP contribution in [0.4, 0.5) is 10.7 Å². The summed E-state index contributed by atoms with van der Waals surface area (Å²) in [5.41, 5.74) is 2.02. The van der Waals surface area contributed by atoms with Gasteiger partial charge in [-0.1, -0.05) is 29.3 Å². The molecule has 0 spiro atoms. The van der Waals surface area contributed by atoms with E-state index in [1.54, 1.807) is 42.2 Å². The van der Waals surface area contributed by atoms with E-state index in [0.29, 0.717) is 46.3 Å². The van der Waals surface area contributed by atoms with E-state index in [0.717, 1.165) is 15.3 Å². The highest BCUT2D eigenvalue weighted by atomic mass is 35.5. The zero-order valence-corrected chi connectivity index (χ0v) is 24.3. The number of anilines is 2. The lowest BCUT2D eigenvalue weighted by Crippen LogP contribution is -2.34. The van der Waals surface area contributed by atoms with E-state index in [9.17, 15) is 19.2 Å². The number of carbonyl (C=O) groups is 4. The van der Waals surface area contributed by atoms with Crippen molar-refractivity contribution in [2.75, 3.05) is 29.5 Å². The first-order valence-electron chi connectivity index (χ1n) is 12.0. The molecular weight excluding hydrogens is 581 g/mol. The average Bonchev–Trinajstić information content (AvgIpc) is 3.24. The Balaban J connectivity index is 1.42. The van der Waals surface area contributed by atoms with Crippen LogP contribution in [0.2, 0.25) is 10.0 Å². The number of fused-ring (bicyclic) bond motifs is 1. The van der Waals surface area contributed by atoms with Crippen molar-refractivity contribution in [3.05, 3.63) is 74.1 Å². The molecule has 3 aromatic rings. The fourth-order valence-electron chi connectivity index (χ4n) is 4.03. The van der Waals surface area contributed by atoms with Crippen molar-refractivity contribution in [1.29, 1.82) is 0 Å². The van der Waals surface area contributed by atoms with Gasteiger partial charge in [0.25, 0.3) is 5.91 Å². The predicted molar refractivity (Wildman–Crippen MR) is 155 cm³/mol. The molecule has 0 aliphatic carbocycles. The molecule has 1 aliphatic heterocycles. The number of nitrogens with zero attached hydrogens (tertiary/aromatic N) is 1. The molecule has 0 atom stereocenters. The number of thioether (sulfide) groups is 1. The molecule has 0 saturated carbocycles. The summed E-state index contributed by atoms with van der Waals surface area (Å²) < 4.78 is 5.25. The molecule has 1 aliphatic rings. The van der Waals surface area contributed by atoms with Crippen LogP contribution >= 0.6 is 46.3 Å². The van der Waals surface area contributed by atoms with Crippen LogP contribution in [-0.2, 0) is 27.3 Å². The van der Waals surface area contributed by atoms with E-state index >= 15 is 0 Å². The van der Waals surface area contributed by atoms with Gasteiger partial charge in [-0.2, -0.15) is 0 Å². The van der Waals surface area contributed by atoms with Gasteiger partial charge in [0.05, 0.1) is 35.1 Å². The van der Waals surface area contributed by atoms with Gasteiger partial charge in [-0.15, -0.1) is 23.1 Å². The third-order valence-electron chi connectivity index (χ3n) is 5.87. The van der Waals surface area contributed by atoms with Gasteiger partial charge in [0, 0.05) is 34.0 Å². The number of rotatable bonds is 8. The SMILES string of the molecule is CCOC(=O)c1c(NC(=O)CSc2cccc(NC(=O)c3ccc(Cl)cc3Cl)c2)sc2c1CCN(C(C)=O)C2. The van der Waals surface area contributed by atoms with Crippen LogP contribution < -0.4 is 10.6 Å². The zero-order valence-electron chi connectivity index (χ0n) is 21.1. The summed E-state index contributed by atoms with van der Waals surface area (Å²) >= 11 is 14.6. The van der Waals surface area contributed by atoms with E-state index in [4.69, 9.17) is 27.9 Å². The number of amides is 3. The Morgan fingerprint density at radius 2 is 1.90 bits per heavy atom. The Kier molecular flexibility index (Phi) is 9.55. The zero-order chi connectivity index (χ0) is 28.1. The Morgan fingerprint density at radius 3 is 2.62 bits per heavy atom. The first-order chi connectivity index (χ1) is 18.7. The molecule has 0 bridgehead atoms. The molecule has 39 heavy (non-hydrogen) atoms. The number of thiophene rings is 1. The van der Waals surface area contributed by atoms with Crippen LogP contribution in [-0.4, -0.2) is 47.5 Å². The maximum atomic E-state index is 12.9. The van der Waals surface area contributed by atoms with Gasteiger partial charge in [-0.3, -0.25) is 14.4 Å². The van der Waals surface area contributed by atoms with Crippen LogP contribution in [0.5, 0.6) is 0 Å². The third-order valence-corrected chi connectivity index (χ3v) is 8.55. The van der Waals surface area contributed by atoms with Crippen LogP contribution in [0.25, 0.3) is 0 Å². The van der Waals surface area contributed by atoms with Gasteiger partial charge in [0.2, 0.25) is 11.8 Å². The Morgan fingerprint density at radius 1 is 1.10 bits per heavy atom. The Hall–Kier alpha value is -3.05. The van der Waals surface area contributed by atoms with Crippen molar-refractivity contribution in [1.82, 2.24) is 4.90 Å². The molecule has 4 rings (SSSR count). The third kappa shape index (κ3) is 7.13. The summed E-state index contributed by atoms with van der Waals surface area (Å²) in [5, 5.41) is 6.76. The van der Waals surface area contributed by atoms with Gasteiger partial charge >= 0.3 is 5.97 Å². The van der Waals surface area contributed by atoms with Crippen LogP contribution in [0, 0.1) is 0 Å². The van der Waals surface area contributed by atoms with Crippen LogP contribution in [0.3, 0.4) is 0 Å². The minimum absolute atomic E-state index is 0.0385. The van der Waals surface area contributed by atoms with E-state index in [2.05, 4.69) is 10.6 Å². The average molecular weight is 607 g/mol. The molecule has 2 heterocycles. The number of benzene rings is 2. The number of ether oxygens (including phenoxy) is 1. The second-order valence-corrected chi connectivity index (χ2v) is 11.6. The second-order valence-electron chi connectivity index (χ2n) is 8.56. The highest BCUT2D eigenvalue weighted by molar-refractivity contribution is 8.00. The van der Waals surface area contributed by atoms with Crippen molar-refractivity contribution in [2.45, 2.75) is 31.7 Å². The minimum atomic E-state index is -0.488. The molecule has 204 valence electrons. The van der Waals surface area contributed by atoms with Crippen molar-refractivity contribution in [3.63, 3.8) is 0 Å². The van der Waals surface area contributed by atoms with Crippen molar-refractivity contribution in [2.24, 2.45) is 0 Å². The quantitative estimate of drug-likeness (QED) is 0.237. The van der Waals surface area contributed by atoms with Gasteiger partial charge in [0.1, 0.15) is 5.00 Å². The molecule has 2 N–H and O–H groups in total. The first-order valence-corrected chi connectivity index (χ1v) is 14.6. The molecule has 2 aromatic carbocycles. The summed E-state index contributed by atoms with van der Waals surface area (Å²) in [6.45, 7) is 4.35. The predicted octanol–water partition coefficient (Wildman–Crippen LogP) is 6.12. The molecule has 0 saturated heterocycles. The smallest absolute Gasteiger partial charge is 0.341 e. The van der Waals surface area contributed by atoms with Gasteiger partial charge < -0.3 is 20.3 Å². The lowest BCUT2D eigenvalue weighted by molar-refractivity contribution is -0.129. The lowest BCUT2D eigenvalue weighted by Gasteiger charge is -2.25. The number of esters is 1. The highest BCUT2D eigenvalue weighted by Gasteiger charge is 2.30. The number of hydrogen-bond donors (Lipinski definition) is 2. The summed E-state index contributed by atoms with van der Waals surface area (Å²) in [4.78, 5) is 53.4. The molecule has 3 amide bonds. The molecule has 0 fully saturated rings. The molecular formula is C27H25Cl2N3O5S2. The largest absolute Gasteiger partial charge is 0.462 e. The van der Waals surface area contributed by atoms with Gasteiger partial charge in [0.15, 0.2) is 0 Å². The van der Waals surface area contributed by atoms with Gasteiger partial charge in [-0.05, 0) is 55.3 Å². The number of carbonyl (C=O) groups excluding carboxylic acids is 4. The number of hydrogen-bond acceptors (Lipinski definition) is 7. The van der Waals surface area contributed by atoms with Crippen molar-refractivity contribution in [3.8, 4) is 0 Å². The van der Waals surface area contributed by atoms with Crippen molar-refractivity contribution < 1.29 is 23.9 Å². The van der Waals surface area contributed by atoms with E-state index in [1.165, 1.54) is 36.1 Å². The molecule has 1 aromatic heterocycles. The van der Waals surface area contributed by atoms with Crippen molar-refractivity contribution >= 4 is 80.7 Å². The van der Waals surface area contributed by atoms with E-state index in [-0.39, 0.29) is 35.1 Å². The van der Waals surface area contributed by atoms with E-state index < -0.39 is 5.97 Å². The normalized spacial score (nSPS) is 12.5. The molecule has 12 heteroatoms. The second kappa shape index (κ2) is 12.9. The molecule has 8 nitrogen and oxygen atoms in total. The van der Waals surface area contributed by atoms with Crippen LogP contribution in [0.1, 0.15) is 45.0 Å². The summed E-state index contributed by atoms with van der Waals surface area (Å²) in [7, 11) is 0. The topological polar surface area (TPSA) is 105 Å². The van der Waals surface area contributed by atoms with Gasteiger partial charge in [-0.25, -0.2) is 4.79 Å². The maximum absolute atomic E-state index is 12.9. The number of halogens is 2. The summed E-state index contributed by atoms with van der Waals surface area (Å²) in [5.74, 6) is -1.13. The summed E-state index contributed by atoms with van der Waals surface area (Å²) in [6, 6.07) is 11.7. The molecule has 0 radical (unpaired) electrons.